The molecule has 0 aliphatic heterocycles. The monoisotopic (exact) mass is 323 g/mol. The number of H-pyrrole nitrogens is 1. The molecule has 24 heavy (non-hydrogen) atoms. The summed E-state index contributed by atoms with van der Waals surface area (Å²) in [6.45, 7) is 5.18. The highest BCUT2D eigenvalue weighted by Crippen LogP contribution is 2.18. The number of carbonyl (C=O) groups is 1. The van der Waals surface area contributed by atoms with E-state index in [1.807, 2.05) is 24.3 Å². The predicted molar refractivity (Wildman–Crippen MR) is 94.5 cm³/mol. The van der Waals surface area contributed by atoms with Gasteiger partial charge in [-0.15, -0.1) is 0 Å². The van der Waals surface area contributed by atoms with Crippen LogP contribution in [0.25, 0.3) is 10.9 Å². The number of aromatic amines is 1. The van der Waals surface area contributed by atoms with Crippen LogP contribution in [-0.2, 0) is 0 Å². The van der Waals surface area contributed by atoms with Crippen molar-refractivity contribution >= 4 is 16.8 Å². The van der Waals surface area contributed by atoms with Crippen molar-refractivity contribution in [2.75, 3.05) is 13.2 Å². The number of para-hydroxylation sites is 1. The SMILES string of the molecule is CC(C)c1ccc(OCCNC(=O)c2cccc3cn[nH]c23)cc1. The highest BCUT2D eigenvalue weighted by atomic mass is 16.5. The molecule has 0 unspecified atom stereocenters. The lowest BCUT2D eigenvalue weighted by molar-refractivity contribution is 0.0948. The number of carbonyl (C=O) groups excluding carboxylic acids is 1. The molecule has 5 heteroatoms. The maximum Gasteiger partial charge on any atom is 0.253 e. The number of ether oxygens (including phenoxy) is 1. The third-order valence-corrected chi connectivity index (χ3v) is 3.92. The predicted octanol–water partition coefficient (Wildman–Crippen LogP) is 3.50. The second-order valence-corrected chi connectivity index (χ2v) is 5.97. The molecule has 124 valence electrons. The Kier molecular flexibility index (Phi) is 4.79. The molecule has 1 heterocycles. The van der Waals surface area contributed by atoms with E-state index in [1.54, 1.807) is 12.3 Å². The molecular formula is C19H21N3O2. The van der Waals surface area contributed by atoms with Gasteiger partial charge in [-0.1, -0.05) is 38.1 Å². The minimum atomic E-state index is -0.136. The standard InChI is InChI=1S/C19H21N3O2/c1-13(2)14-6-8-16(9-7-14)24-11-10-20-19(23)17-5-3-4-15-12-21-22-18(15)17/h3-9,12-13H,10-11H2,1-2H3,(H,20,23)(H,21,22). The van der Waals surface area contributed by atoms with Gasteiger partial charge < -0.3 is 10.1 Å². The topological polar surface area (TPSA) is 67.0 Å². The summed E-state index contributed by atoms with van der Waals surface area (Å²) in [4.78, 5) is 12.3. The maximum absolute atomic E-state index is 12.3. The van der Waals surface area contributed by atoms with Gasteiger partial charge in [0.1, 0.15) is 12.4 Å². The summed E-state index contributed by atoms with van der Waals surface area (Å²) in [6, 6.07) is 13.6. The van der Waals surface area contributed by atoms with Gasteiger partial charge in [0.05, 0.1) is 23.8 Å². The van der Waals surface area contributed by atoms with Crippen molar-refractivity contribution in [1.82, 2.24) is 15.5 Å². The fraction of sp³-hybridized carbons (Fsp3) is 0.263. The molecule has 0 aliphatic carbocycles. The molecule has 2 N–H and O–H groups in total. The molecule has 0 saturated carbocycles. The molecule has 1 aromatic heterocycles. The van der Waals surface area contributed by atoms with Crippen LogP contribution in [0.2, 0.25) is 0 Å². The van der Waals surface area contributed by atoms with Crippen molar-refractivity contribution in [2.45, 2.75) is 19.8 Å². The van der Waals surface area contributed by atoms with E-state index in [2.05, 4.69) is 41.5 Å². The maximum atomic E-state index is 12.3. The molecule has 2 aromatic carbocycles. The van der Waals surface area contributed by atoms with Gasteiger partial charge in [-0.3, -0.25) is 9.89 Å². The number of benzene rings is 2. The van der Waals surface area contributed by atoms with E-state index in [0.717, 1.165) is 16.7 Å². The summed E-state index contributed by atoms with van der Waals surface area (Å²) in [5.74, 6) is 1.18. The molecular weight excluding hydrogens is 302 g/mol. The van der Waals surface area contributed by atoms with Gasteiger partial charge in [0, 0.05) is 5.39 Å². The Hall–Kier alpha value is -2.82. The molecule has 5 nitrogen and oxygen atoms in total. The lowest BCUT2D eigenvalue weighted by Crippen LogP contribution is -2.28. The molecule has 0 saturated heterocycles. The van der Waals surface area contributed by atoms with Crippen LogP contribution in [0, 0.1) is 0 Å². The summed E-state index contributed by atoms with van der Waals surface area (Å²) in [7, 11) is 0. The minimum absolute atomic E-state index is 0.136. The highest BCUT2D eigenvalue weighted by molar-refractivity contribution is 6.05. The van der Waals surface area contributed by atoms with E-state index in [0.29, 0.717) is 24.6 Å². The zero-order valence-electron chi connectivity index (χ0n) is 13.9. The second kappa shape index (κ2) is 7.17. The molecule has 0 spiro atoms. The third-order valence-electron chi connectivity index (χ3n) is 3.92. The zero-order valence-corrected chi connectivity index (χ0v) is 13.9. The van der Waals surface area contributed by atoms with Crippen molar-refractivity contribution in [1.29, 1.82) is 0 Å². The normalized spacial score (nSPS) is 11.0. The van der Waals surface area contributed by atoms with E-state index in [4.69, 9.17) is 4.74 Å². The van der Waals surface area contributed by atoms with Crippen LogP contribution in [0.5, 0.6) is 5.75 Å². The average molecular weight is 323 g/mol. The number of amides is 1. The van der Waals surface area contributed by atoms with Crippen LogP contribution in [0.15, 0.2) is 48.7 Å². The van der Waals surface area contributed by atoms with Crippen LogP contribution in [0.1, 0.15) is 35.7 Å². The highest BCUT2D eigenvalue weighted by Gasteiger charge is 2.10. The average Bonchev–Trinajstić information content (AvgIpc) is 3.07. The van der Waals surface area contributed by atoms with Crippen LogP contribution < -0.4 is 10.1 Å². The first-order valence-corrected chi connectivity index (χ1v) is 8.08. The van der Waals surface area contributed by atoms with Crippen LogP contribution in [-0.4, -0.2) is 29.3 Å². The Bertz CT molecular complexity index is 822. The van der Waals surface area contributed by atoms with Crippen molar-refractivity contribution in [2.24, 2.45) is 0 Å². The van der Waals surface area contributed by atoms with Gasteiger partial charge in [0.2, 0.25) is 0 Å². The fourth-order valence-electron chi connectivity index (χ4n) is 2.54. The van der Waals surface area contributed by atoms with Crippen molar-refractivity contribution in [3.8, 4) is 5.75 Å². The Balaban J connectivity index is 1.51. The first-order chi connectivity index (χ1) is 11.6. The largest absolute Gasteiger partial charge is 0.492 e. The summed E-state index contributed by atoms with van der Waals surface area (Å²) in [5.41, 5.74) is 2.62. The van der Waals surface area contributed by atoms with E-state index in [9.17, 15) is 4.79 Å². The van der Waals surface area contributed by atoms with E-state index in [1.165, 1.54) is 5.56 Å². The Morgan fingerprint density at radius 1 is 1.21 bits per heavy atom. The minimum Gasteiger partial charge on any atom is -0.492 e. The number of hydrogen-bond donors (Lipinski definition) is 2. The number of aromatic nitrogens is 2. The summed E-state index contributed by atoms with van der Waals surface area (Å²) < 4.78 is 5.66. The van der Waals surface area contributed by atoms with Crippen molar-refractivity contribution in [3.63, 3.8) is 0 Å². The van der Waals surface area contributed by atoms with Crippen LogP contribution in [0.4, 0.5) is 0 Å². The summed E-state index contributed by atoms with van der Waals surface area (Å²) in [5, 5.41) is 10.6. The first-order valence-electron chi connectivity index (χ1n) is 8.08. The van der Waals surface area contributed by atoms with Crippen molar-refractivity contribution < 1.29 is 9.53 Å². The van der Waals surface area contributed by atoms with Crippen molar-refractivity contribution in [3.05, 3.63) is 59.8 Å². The number of nitrogens with zero attached hydrogens (tertiary/aromatic N) is 1. The zero-order chi connectivity index (χ0) is 16.9. The fourth-order valence-corrected chi connectivity index (χ4v) is 2.54. The number of rotatable bonds is 6. The summed E-state index contributed by atoms with van der Waals surface area (Å²) in [6.07, 6.45) is 1.70. The number of hydrogen-bond acceptors (Lipinski definition) is 3. The van der Waals surface area contributed by atoms with Crippen LogP contribution >= 0.6 is 0 Å². The van der Waals surface area contributed by atoms with E-state index >= 15 is 0 Å². The van der Waals surface area contributed by atoms with Gasteiger partial charge in [-0.25, -0.2) is 0 Å². The van der Waals surface area contributed by atoms with Crippen LogP contribution in [0.3, 0.4) is 0 Å². The Labute approximate surface area is 141 Å². The smallest absolute Gasteiger partial charge is 0.253 e. The van der Waals surface area contributed by atoms with E-state index < -0.39 is 0 Å². The number of nitrogens with one attached hydrogen (secondary N) is 2. The Morgan fingerprint density at radius 3 is 2.75 bits per heavy atom. The van der Waals surface area contributed by atoms with Gasteiger partial charge in [0.15, 0.2) is 0 Å². The summed E-state index contributed by atoms with van der Waals surface area (Å²) >= 11 is 0. The third kappa shape index (κ3) is 3.56. The molecule has 3 aromatic rings. The molecule has 3 rings (SSSR count). The first kappa shape index (κ1) is 16.1. The molecule has 1 amide bonds. The van der Waals surface area contributed by atoms with Gasteiger partial charge in [-0.05, 0) is 29.7 Å². The van der Waals surface area contributed by atoms with Gasteiger partial charge in [-0.2, -0.15) is 5.10 Å². The molecule has 0 atom stereocenters. The second-order valence-electron chi connectivity index (χ2n) is 5.97. The number of fused-ring (bicyclic) bond motifs is 1. The lowest BCUT2D eigenvalue weighted by atomic mass is 10.0. The van der Waals surface area contributed by atoms with Gasteiger partial charge in [0.25, 0.3) is 5.91 Å². The molecule has 0 aliphatic rings. The molecule has 0 bridgehead atoms. The Morgan fingerprint density at radius 2 is 2.00 bits per heavy atom. The van der Waals surface area contributed by atoms with Gasteiger partial charge >= 0.3 is 0 Å². The lowest BCUT2D eigenvalue weighted by Gasteiger charge is -2.10. The molecule has 0 fully saturated rings. The molecule has 0 radical (unpaired) electrons. The quantitative estimate of drug-likeness (QED) is 0.682. The van der Waals surface area contributed by atoms with E-state index in [-0.39, 0.29) is 5.91 Å².